The molecule has 1 heterocycles. The number of aromatic nitrogens is 2. The Hall–Kier alpha value is -3.38. The number of para-hydroxylation sites is 3. The molecule has 3 aromatic carbocycles. The molecule has 0 fully saturated rings. The first kappa shape index (κ1) is 19.0. The normalized spacial score (nSPS) is 10.8. The number of hydrogen-bond acceptors (Lipinski definition) is 3. The van der Waals surface area contributed by atoms with Crippen molar-refractivity contribution in [1.29, 1.82) is 0 Å². The first-order chi connectivity index (χ1) is 14.1. The van der Waals surface area contributed by atoms with Crippen molar-refractivity contribution in [2.75, 3.05) is 5.32 Å². The number of ether oxygens (including phenoxy) is 1. The van der Waals surface area contributed by atoms with E-state index in [1.807, 2.05) is 54.6 Å². The van der Waals surface area contributed by atoms with E-state index in [1.165, 1.54) is 12.1 Å². The highest BCUT2D eigenvalue weighted by Crippen LogP contribution is 2.23. The van der Waals surface area contributed by atoms with Crippen LogP contribution in [-0.2, 0) is 17.9 Å². The van der Waals surface area contributed by atoms with Gasteiger partial charge in [-0.05, 0) is 42.5 Å². The molecule has 1 aromatic heterocycles. The SMILES string of the molecule is O=C(Cn1c(COc2ccccc2)nc2ccccc21)Nc1ccc(F)cc1Cl. The number of nitrogens with one attached hydrogen (secondary N) is 1. The maximum Gasteiger partial charge on any atom is 0.244 e. The molecular weight excluding hydrogens is 393 g/mol. The molecule has 29 heavy (non-hydrogen) atoms. The number of carbonyl (C=O) groups is 1. The van der Waals surface area contributed by atoms with Crippen molar-refractivity contribution in [1.82, 2.24) is 9.55 Å². The van der Waals surface area contributed by atoms with Crippen molar-refractivity contribution >= 4 is 34.2 Å². The Balaban J connectivity index is 1.57. The standard InChI is InChI=1S/C22H17ClFN3O2/c23-17-12-15(24)10-11-18(17)26-22(28)13-27-20-9-5-4-8-19(20)25-21(27)14-29-16-6-2-1-3-7-16/h1-12H,13-14H2,(H,26,28). The summed E-state index contributed by atoms with van der Waals surface area (Å²) in [7, 11) is 0. The van der Waals surface area contributed by atoms with Gasteiger partial charge in [0.2, 0.25) is 5.91 Å². The van der Waals surface area contributed by atoms with E-state index in [0.29, 0.717) is 17.3 Å². The molecule has 0 spiro atoms. The molecule has 0 aliphatic carbocycles. The summed E-state index contributed by atoms with van der Waals surface area (Å²) < 4.78 is 20.8. The number of halogens is 2. The van der Waals surface area contributed by atoms with Crippen molar-refractivity contribution < 1.29 is 13.9 Å². The summed E-state index contributed by atoms with van der Waals surface area (Å²) in [6.45, 7) is 0.227. The Morgan fingerprint density at radius 3 is 2.62 bits per heavy atom. The van der Waals surface area contributed by atoms with Crippen LogP contribution < -0.4 is 10.1 Å². The van der Waals surface area contributed by atoms with E-state index in [9.17, 15) is 9.18 Å². The highest BCUT2D eigenvalue weighted by Gasteiger charge is 2.15. The molecule has 0 bridgehead atoms. The van der Waals surface area contributed by atoms with E-state index in [1.54, 1.807) is 4.57 Å². The Morgan fingerprint density at radius 1 is 1.07 bits per heavy atom. The molecule has 0 unspecified atom stereocenters. The summed E-state index contributed by atoms with van der Waals surface area (Å²) in [5.41, 5.74) is 1.94. The largest absolute Gasteiger partial charge is 0.486 e. The first-order valence-electron chi connectivity index (χ1n) is 8.97. The molecule has 0 saturated carbocycles. The first-order valence-corrected chi connectivity index (χ1v) is 9.35. The molecule has 0 aliphatic rings. The van der Waals surface area contributed by atoms with Crippen LogP contribution in [0.4, 0.5) is 10.1 Å². The molecule has 0 aliphatic heterocycles. The van der Waals surface area contributed by atoms with Gasteiger partial charge in [0.15, 0.2) is 0 Å². The fourth-order valence-corrected chi connectivity index (χ4v) is 3.22. The van der Waals surface area contributed by atoms with Gasteiger partial charge in [0.25, 0.3) is 0 Å². The summed E-state index contributed by atoms with van der Waals surface area (Å²) in [6, 6.07) is 20.8. The molecule has 1 N–H and O–H groups in total. The molecular formula is C22H17ClFN3O2. The van der Waals surface area contributed by atoms with Crippen LogP contribution in [0.5, 0.6) is 5.75 Å². The number of carbonyl (C=O) groups excluding carboxylic acids is 1. The maximum absolute atomic E-state index is 13.2. The van der Waals surface area contributed by atoms with Crippen LogP contribution >= 0.6 is 11.6 Å². The second-order valence-electron chi connectivity index (χ2n) is 6.38. The van der Waals surface area contributed by atoms with Crippen LogP contribution in [0, 0.1) is 5.82 Å². The van der Waals surface area contributed by atoms with E-state index >= 15 is 0 Å². The summed E-state index contributed by atoms with van der Waals surface area (Å²) in [4.78, 5) is 17.2. The number of amides is 1. The van der Waals surface area contributed by atoms with E-state index in [-0.39, 0.29) is 24.1 Å². The van der Waals surface area contributed by atoms with Gasteiger partial charge in [-0.2, -0.15) is 0 Å². The number of anilines is 1. The number of imidazole rings is 1. The highest BCUT2D eigenvalue weighted by molar-refractivity contribution is 6.33. The quantitative estimate of drug-likeness (QED) is 0.485. The minimum Gasteiger partial charge on any atom is -0.486 e. The van der Waals surface area contributed by atoms with Gasteiger partial charge in [0, 0.05) is 0 Å². The van der Waals surface area contributed by atoms with Gasteiger partial charge in [-0.1, -0.05) is 41.9 Å². The van der Waals surface area contributed by atoms with Gasteiger partial charge in [0.1, 0.15) is 30.5 Å². The number of fused-ring (bicyclic) bond motifs is 1. The molecule has 0 atom stereocenters. The van der Waals surface area contributed by atoms with Crippen LogP contribution in [0.1, 0.15) is 5.82 Å². The fraction of sp³-hybridized carbons (Fsp3) is 0.0909. The summed E-state index contributed by atoms with van der Waals surface area (Å²) in [5.74, 6) is 0.570. The molecule has 146 valence electrons. The van der Waals surface area contributed by atoms with Crippen LogP contribution in [-0.4, -0.2) is 15.5 Å². The predicted octanol–water partition coefficient (Wildman–Crippen LogP) is 5.05. The lowest BCUT2D eigenvalue weighted by molar-refractivity contribution is -0.116. The topological polar surface area (TPSA) is 56.2 Å². The summed E-state index contributed by atoms with van der Waals surface area (Å²) >= 11 is 6.01. The zero-order valence-corrected chi connectivity index (χ0v) is 16.1. The summed E-state index contributed by atoms with van der Waals surface area (Å²) in [6.07, 6.45) is 0. The summed E-state index contributed by atoms with van der Waals surface area (Å²) in [5, 5.41) is 2.85. The average Bonchev–Trinajstić information content (AvgIpc) is 3.07. The average molecular weight is 410 g/mol. The number of benzene rings is 3. The molecule has 5 nitrogen and oxygen atoms in total. The fourth-order valence-electron chi connectivity index (χ4n) is 3.00. The van der Waals surface area contributed by atoms with E-state index in [0.717, 1.165) is 17.1 Å². The van der Waals surface area contributed by atoms with Gasteiger partial charge in [0.05, 0.1) is 21.7 Å². The third-order valence-corrected chi connectivity index (χ3v) is 4.66. The van der Waals surface area contributed by atoms with E-state index < -0.39 is 5.82 Å². The zero-order valence-electron chi connectivity index (χ0n) is 15.3. The predicted molar refractivity (Wildman–Crippen MR) is 111 cm³/mol. The molecule has 0 radical (unpaired) electrons. The smallest absolute Gasteiger partial charge is 0.244 e. The number of nitrogens with zero attached hydrogens (tertiary/aromatic N) is 2. The van der Waals surface area contributed by atoms with Crippen molar-refractivity contribution in [3.05, 3.63) is 89.5 Å². The minimum atomic E-state index is -0.464. The van der Waals surface area contributed by atoms with Gasteiger partial charge < -0.3 is 14.6 Å². The third kappa shape index (κ3) is 4.38. The molecule has 4 rings (SSSR count). The van der Waals surface area contributed by atoms with Gasteiger partial charge in [-0.15, -0.1) is 0 Å². The number of rotatable bonds is 6. The van der Waals surface area contributed by atoms with E-state index in [2.05, 4.69) is 10.3 Å². The third-order valence-electron chi connectivity index (χ3n) is 4.35. The number of hydrogen-bond donors (Lipinski definition) is 1. The van der Waals surface area contributed by atoms with Crippen molar-refractivity contribution in [2.24, 2.45) is 0 Å². The second kappa shape index (κ2) is 8.32. The van der Waals surface area contributed by atoms with Crippen molar-refractivity contribution in [2.45, 2.75) is 13.2 Å². The highest BCUT2D eigenvalue weighted by atomic mass is 35.5. The molecule has 0 saturated heterocycles. The van der Waals surface area contributed by atoms with Gasteiger partial charge in [-0.25, -0.2) is 9.37 Å². The lowest BCUT2D eigenvalue weighted by atomic mass is 10.3. The maximum atomic E-state index is 13.2. The Morgan fingerprint density at radius 2 is 1.83 bits per heavy atom. The van der Waals surface area contributed by atoms with Crippen molar-refractivity contribution in [3.8, 4) is 5.75 Å². The van der Waals surface area contributed by atoms with Crippen LogP contribution in [0.25, 0.3) is 11.0 Å². The Kier molecular flexibility index (Phi) is 5.44. The lowest BCUT2D eigenvalue weighted by Crippen LogP contribution is -2.21. The van der Waals surface area contributed by atoms with Gasteiger partial charge in [-0.3, -0.25) is 4.79 Å². The van der Waals surface area contributed by atoms with Crippen molar-refractivity contribution in [3.63, 3.8) is 0 Å². The van der Waals surface area contributed by atoms with Crippen LogP contribution in [0.3, 0.4) is 0 Å². The molecule has 4 aromatic rings. The van der Waals surface area contributed by atoms with E-state index in [4.69, 9.17) is 16.3 Å². The monoisotopic (exact) mass is 409 g/mol. The minimum absolute atomic E-state index is 0.0156. The van der Waals surface area contributed by atoms with Gasteiger partial charge >= 0.3 is 0 Å². The van der Waals surface area contributed by atoms with Crippen LogP contribution in [0.15, 0.2) is 72.8 Å². The Bertz CT molecular complexity index is 1160. The second-order valence-corrected chi connectivity index (χ2v) is 6.78. The Labute approximate surface area is 171 Å². The zero-order chi connectivity index (χ0) is 20.2. The van der Waals surface area contributed by atoms with Crippen LogP contribution in [0.2, 0.25) is 5.02 Å². The molecule has 7 heteroatoms. The lowest BCUT2D eigenvalue weighted by Gasteiger charge is -2.12. The molecule has 1 amide bonds.